The van der Waals surface area contributed by atoms with E-state index in [2.05, 4.69) is 24.8 Å². The fraction of sp³-hybridized carbons (Fsp3) is 0.571. The maximum absolute atomic E-state index is 9.95. The molecule has 1 aromatic rings. The second-order valence-corrected chi connectivity index (χ2v) is 4.98. The third-order valence-electron chi connectivity index (χ3n) is 3.41. The number of aryl methyl sites for hydroxylation is 2. The molecule has 1 unspecified atom stereocenters. The fourth-order valence-electron chi connectivity index (χ4n) is 2.26. The number of hydrogen-bond donors (Lipinski definition) is 1. The third-order valence-corrected chi connectivity index (χ3v) is 3.41. The minimum absolute atomic E-state index is 0.289. The monoisotopic (exact) mass is 235 g/mol. The van der Waals surface area contributed by atoms with E-state index in [0.717, 1.165) is 37.4 Å². The summed E-state index contributed by atoms with van der Waals surface area (Å²) in [5, 5.41) is 9.95. The van der Waals surface area contributed by atoms with Gasteiger partial charge in [-0.2, -0.15) is 0 Å². The number of morpholine rings is 1. The molecule has 0 aliphatic carbocycles. The summed E-state index contributed by atoms with van der Waals surface area (Å²) in [5.41, 5.74) is 3.39. The molecule has 1 N–H and O–H groups in total. The average Bonchev–Trinajstić information content (AvgIpc) is 2.26. The molecule has 1 atom stereocenters. The van der Waals surface area contributed by atoms with Crippen molar-refractivity contribution in [2.75, 3.05) is 19.7 Å². The molecule has 0 spiro atoms. The van der Waals surface area contributed by atoms with Gasteiger partial charge in [-0.3, -0.25) is 4.90 Å². The Bertz CT molecular complexity index is 403. The summed E-state index contributed by atoms with van der Waals surface area (Å²) in [6, 6.07) is 3.94. The zero-order chi connectivity index (χ0) is 12.4. The molecule has 1 saturated heterocycles. The van der Waals surface area contributed by atoms with Gasteiger partial charge in [0.2, 0.25) is 0 Å². The van der Waals surface area contributed by atoms with Crippen LogP contribution in [0.15, 0.2) is 12.1 Å². The van der Waals surface area contributed by atoms with Crippen molar-refractivity contribution in [2.45, 2.75) is 33.4 Å². The highest BCUT2D eigenvalue weighted by Crippen LogP contribution is 2.23. The van der Waals surface area contributed by atoms with Crippen molar-refractivity contribution in [2.24, 2.45) is 0 Å². The number of benzene rings is 1. The highest BCUT2D eigenvalue weighted by atomic mass is 16.5. The van der Waals surface area contributed by atoms with Crippen LogP contribution in [-0.2, 0) is 11.3 Å². The zero-order valence-electron chi connectivity index (χ0n) is 10.9. The largest absolute Gasteiger partial charge is 0.508 e. The van der Waals surface area contributed by atoms with E-state index in [1.807, 2.05) is 13.0 Å². The van der Waals surface area contributed by atoms with Crippen molar-refractivity contribution in [1.29, 1.82) is 0 Å². The zero-order valence-corrected chi connectivity index (χ0v) is 10.9. The van der Waals surface area contributed by atoms with Crippen LogP contribution in [0.25, 0.3) is 0 Å². The van der Waals surface area contributed by atoms with Crippen LogP contribution in [0.4, 0.5) is 0 Å². The molecule has 1 heterocycles. The summed E-state index contributed by atoms with van der Waals surface area (Å²) in [4.78, 5) is 2.33. The molecule has 1 aliphatic rings. The summed E-state index contributed by atoms with van der Waals surface area (Å²) in [5.74, 6) is 0.409. The Labute approximate surface area is 103 Å². The van der Waals surface area contributed by atoms with Crippen LogP contribution in [-0.4, -0.2) is 35.8 Å². The van der Waals surface area contributed by atoms with E-state index < -0.39 is 0 Å². The second-order valence-electron chi connectivity index (χ2n) is 4.98. The van der Waals surface area contributed by atoms with E-state index in [-0.39, 0.29) is 6.10 Å². The minimum atomic E-state index is 0.289. The highest BCUT2D eigenvalue weighted by Gasteiger charge is 2.18. The lowest BCUT2D eigenvalue weighted by Gasteiger charge is -2.31. The molecule has 0 radical (unpaired) electrons. The van der Waals surface area contributed by atoms with Crippen molar-refractivity contribution < 1.29 is 9.84 Å². The molecule has 2 rings (SSSR count). The Balaban J connectivity index is 2.10. The lowest BCUT2D eigenvalue weighted by Crippen LogP contribution is -2.40. The lowest BCUT2D eigenvalue weighted by molar-refractivity contribution is -0.0214. The third kappa shape index (κ3) is 2.99. The molecule has 1 aliphatic heterocycles. The summed E-state index contributed by atoms with van der Waals surface area (Å²) in [6.07, 6.45) is 0.289. The van der Waals surface area contributed by atoms with Crippen molar-refractivity contribution in [3.05, 3.63) is 28.8 Å². The number of rotatable bonds is 2. The van der Waals surface area contributed by atoms with Gasteiger partial charge in [0.15, 0.2) is 0 Å². The van der Waals surface area contributed by atoms with E-state index in [0.29, 0.717) is 5.75 Å². The van der Waals surface area contributed by atoms with Gasteiger partial charge in [-0.05, 0) is 38.0 Å². The predicted octanol–water partition coefficient (Wildman–Crippen LogP) is 2.23. The first-order chi connectivity index (χ1) is 8.06. The van der Waals surface area contributed by atoms with Crippen LogP contribution in [0, 0.1) is 13.8 Å². The predicted molar refractivity (Wildman–Crippen MR) is 68.3 cm³/mol. The van der Waals surface area contributed by atoms with Gasteiger partial charge in [0, 0.05) is 25.2 Å². The van der Waals surface area contributed by atoms with Crippen LogP contribution in [0.1, 0.15) is 23.6 Å². The molecule has 1 aromatic carbocycles. The molecule has 0 amide bonds. The van der Waals surface area contributed by atoms with Crippen molar-refractivity contribution in [3.8, 4) is 5.75 Å². The average molecular weight is 235 g/mol. The van der Waals surface area contributed by atoms with Gasteiger partial charge in [0.1, 0.15) is 5.75 Å². The lowest BCUT2D eigenvalue weighted by atomic mass is 10.0. The Morgan fingerprint density at radius 2 is 2.06 bits per heavy atom. The molecular formula is C14H21NO2. The standard InChI is InChI=1S/C14H21NO2/c1-10-6-13(14(16)7-11(10)2)9-15-4-5-17-12(3)8-15/h6-7,12,16H,4-5,8-9H2,1-3H3. The van der Waals surface area contributed by atoms with Crippen LogP contribution in [0.5, 0.6) is 5.75 Å². The smallest absolute Gasteiger partial charge is 0.120 e. The molecule has 94 valence electrons. The van der Waals surface area contributed by atoms with Gasteiger partial charge >= 0.3 is 0 Å². The minimum Gasteiger partial charge on any atom is -0.508 e. The summed E-state index contributed by atoms with van der Waals surface area (Å²) < 4.78 is 5.51. The molecular weight excluding hydrogens is 214 g/mol. The number of nitrogens with zero attached hydrogens (tertiary/aromatic N) is 1. The van der Waals surface area contributed by atoms with Gasteiger partial charge in [-0.25, -0.2) is 0 Å². The topological polar surface area (TPSA) is 32.7 Å². The van der Waals surface area contributed by atoms with Crippen molar-refractivity contribution in [1.82, 2.24) is 4.90 Å². The van der Waals surface area contributed by atoms with Gasteiger partial charge in [0.25, 0.3) is 0 Å². The second kappa shape index (κ2) is 5.07. The van der Waals surface area contributed by atoms with Gasteiger partial charge < -0.3 is 9.84 Å². The van der Waals surface area contributed by atoms with Gasteiger partial charge in [-0.1, -0.05) is 6.07 Å². The maximum atomic E-state index is 9.95. The molecule has 3 heteroatoms. The van der Waals surface area contributed by atoms with E-state index in [4.69, 9.17) is 4.74 Å². The quantitative estimate of drug-likeness (QED) is 0.853. The highest BCUT2D eigenvalue weighted by molar-refractivity contribution is 5.40. The number of phenols is 1. The van der Waals surface area contributed by atoms with E-state index >= 15 is 0 Å². The van der Waals surface area contributed by atoms with Gasteiger partial charge in [0.05, 0.1) is 12.7 Å². The number of ether oxygens (including phenoxy) is 1. The van der Waals surface area contributed by atoms with Crippen LogP contribution < -0.4 is 0 Å². The van der Waals surface area contributed by atoms with Crippen LogP contribution in [0.3, 0.4) is 0 Å². The molecule has 0 saturated carbocycles. The van der Waals surface area contributed by atoms with Crippen molar-refractivity contribution >= 4 is 0 Å². The first kappa shape index (κ1) is 12.4. The SMILES string of the molecule is Cc1cc(O)c(CN2CCOC(C)C2)cc1C. The number of phenolic OH excluding ortho intramolecular Hbond substituents is 1. The Morgan fingerprint density at radius 1 is 1.35 bits per heavy atom. The van der Waals surface area contributed by atoms with Gasteiger partial charge in [-0.15, -0.1) is 0 Å². The van der Waals surface area contributed by atoms with Crippen molar-refractivity contribution in [3.63, 3.8) is 0 Å². The summed E-state index contributed by atoms with van der Waals surface area (Å²) in [7, 11) is 0. The number of hydrogen-bond acceptors (Lipinski definition) is 3. The van der Waals surface area contributed by atoms with Crippen LogP contribution in [0.2, 0.25) is 0 Å². The Kier molecular flexibility index (Phi) is 3.69. The van der Waals surface area contributed by atoms with E-state index in [1.165, 1.54) is 5.56 Å². The first-order valence-electron chi connectivity index (χ1n) is 6.19. The molecule has 1 fully saturated rings. The summed E-state index contributed by atoms with van der Waals surface area (Å²) >= 11 is 0. The molecule has 17 heavy (non-hydrogen) atoms. The Hall–Kier alpha value is -1.06. The summed E-state index contributed by atoms with van der Waals surface area (Å²) in [6.45, 7) is 9.67. The van der Waals surface area contributed by atoms with E-state index in [1.54, 1.807) is 0 Å². The maximum Gasteiger partial charge on any atom is 0.120 e. The fourth-order valence-corrected chi connectivity index (χ4v) is 2.26. The first-order valence-corrected chi connectivity index (χ1v) is 6.19. The number of aromatic hydroxyl groups is 1. The molecule has 0 bridgehead atoms. The Morgan fingerprint density at radius 3 is 2.76 bits per heavy atom. The van der Waals surface area contributed by atoms with E-state index in [9.17, 15) is 5.11 Å². The molecule has 0 aromatic heterocycles. The normalized spacial score (nSPS) is 21.7. The molecule has 3 nitrogen and oxygen atoms in total. The van der Waals surface area contributed by atoms with Crippen LogP contribution >= 0.6 is 0 Å².